The van der Waals surface area contributed by atoms with Crippen molar-refractivity contribution in [3.05, 3.63) is 64.0 Å². The lowest BCUT2D eigenvalue weighted by Gasteiger charge is -2.11. The van der Waals surface area contributed by atoms with E-state index in [9.17, 15) is 14.0 Å². The number of halogens is 1. The number of amides is 2. The molecule has 0 bridgehead atoms. The zero-order chi connectivity index (χ0) is 20.5. The van der Waals surface area contributed by atoms with Gasteiger partial charge in [0.25, 0.3) is 11.8 Å². The molecule has 2 aromatic heterocycles. The minimum atomic E-state index is -0.686. The maximum absolute atomic E-state index is 14.4. The molecule has 4 N–H and O–H groups in total. The Hall–Kier alpha value is -3.33. The van der Waals surface area contributed by atoms with Crippen LogP contribution in [0.5, 0.6) is 0 Å². The van der Waals surface area contributed by atoms with Crippen molar-refractivity contribution in [2.75, 3.05) is 16.4 Å². The van der Waals surface area contributed by atoms with Crippen molar-refractivity contribution in [3.8, 4) is 0 Å². The van der Waals surface area contributed by atoms with Crippen molar-refractivity contribution in [1.82, 2.24) is 9.97 Å². The van der Waals surface area contributed by atoms with Crippen LogP contribution < -0.4 is 16.4 Å². The van der Waals surface area contributed by atoms with E-state index in [1.54, 1.807) is 19.2 Å². The molecule has 0 aliphatic heterocycles. The largest absolute Gasteiger partial charge is 0.375 e. The van der Waals surface area contributed by atoms with Crippen LogP contribution in [0.15, 0.2) is 36.7 Å². The number of thiazole rings is 1. The normalized spacial score (nSPS) is 13.2. The van der Waals surface area contributed by atoms with E-state index in [2.05, 4.69) is 20.6 Å². The molecule has 148 valence electrons. The summed E-state index contributed by atoms with van der Waals surface area (Å²) in [4.78, 5) is 33.3. The van der Waals surface area contributed by atoms with Gasteiger partial charge in [0, 0.05) is 11.9 Å². The predicted molar refractivity (Wildman–Crippen MR) is 110 cm³/mol. The van der Waals surface area contributed by atoms with Crippen LogP contribution in [0.3, 0.4) is 0 Å². The van der Waals surface area contributed by atoms with E-state index in [1.807, 2.05) is 6.07 Å². The van der Waals surface area contributed by atoms with Gasteiger partial charge in [-0.05, 0) is 55.0 Å². The first-order valence-electron chi connectivity index (χ1n) is 9.01. The van der Waals surface area contributed by atoms with Gasteiger partial charge in [-0.15, -0.1) is 0 Å². The molecule has 29 heavy (non-hydrogen) atoms. The smallest absolute Gasteiger partial charge is 0.267 e. The quantitative estimate of drug-likeness (QED) is 0.589. The number of hydrogen-bond acceptors (Lipinski definition) is 6. The number of pyridine rings is 1. The van der Waals surface area contributed by atoms with Crippen LogP contribution >= 0.6 is 11.3 Å². The summed E-state index contributed by atoms with van der Waals surface area (Å²) < 4.78 is 14.4. The Labute approximate surface area is 170 Å². The Balaban J connectivity index is 1.52. The molecule has 2 heterocycles. The lowest BCUT2D eigenvalue weighted by atomic mass is 10.1. The number of carbonyl (C=O) groups is 2. The van der Waals surface area contributed by atoms with Gasteiger partial charge in [0.2, 0.25) is 0 Å². The minimum Gasteiger partial charge on any atom is -0.375 e. The molecule has 7 nitrogen and oxygen atoms in total. The monoisotopic (exact) mass is 411 g/mol. The SMILES string of the molecule is Cc1cc(F)c(C(=O)Nc2ccc(C3CC3)cn2)cc1NC(=O)c1cnc(N)s1. The molecule has 0 saturated heterocycles. The second kappa shape index (κ2) is 7.59. The Morgan fingerprint density at radius 3 is 2.55 bits per heavy atom. The van der Waals surface area contributed by atoms with Crippen molar-refractivity contribution >= 4 is 39.8 Å². The number of hydrogen-bond donors (Lipinski definition) is 3. The van der Waals surface area contributed by atoms with Crippen LogP contribution in [0, 0.1) is 12.7 Å². The molecule has 1 saturated carbocycles. The van der Waals surface area contributed by atoms with Crippen molar-refractivity contribution < 1.29 is 14.0 Å². The van der Waals surface area contributed by atoms with Crippen LogP contribution in [-0.2, 0) is 0 Å². The topological polar surface area (TPSA) is 110 Å². The van der Waals surface area contributed by atoms with E-state index in [1.165, 1.54) is 18.3 Å². The number of benzene rings is 1. The van der Waals surface area contributed by atoms with E-state index in [-0.39, 0.29) is 10.7 Å². The first-order chi connectivity index (χ1) is 13.9. The maximum atomic E-state index is 14.4. The van der Waals surface area contributed by atoms with Crippen molar-refractivity contribution in [2.24, 2.45) is 0 Å². The number of nitrogens with zero attached hydrogens (tertiary/aromatic N) is 2. The van der Waals surface area contributed by atoms with Gasteiger partial charge in [0.15, 0.2) is 5.13 Å². The second-order valence-electron chi connectivity index (χ2n) is 6.87. The third-order valence-corrected chi connectivity index (χ3v) is 5.46. The van der Waals surface area contributed by atoms with Crippen molar-refractivity contribution in [1.29, 1.82) is 0 Å². The van der Waals surface area contributed by atoms with Gasteiger partial charge in [0.1, 0.15) is 16.5 Å². The third kappa shape index (κ3) is 4.24. The highest BCUT2D eigenvalue weighted by Gasteiger charge is 2.24. The highest BCUT2D eigenvalue weighted by atomic mass is 32.1. The van der Waals surface area contributed by atoms with Crippen LogP contribution in [0.1, 0.15) is 49.9 Å². The van der Waals surface area contributed by atoms with E-state index in [0.29, 0.717) is 27.9 Å². The summed E-state index contributed by atoms with van der Waals surface area (Å²) in [5.41, 5.74) is 7.30. The standard InChI is InChI=1S/C20H18FN5O2S/c1-10-6-14(21)13(7-15(10)25-19(28)16-9-24-20(22)29-16)18(27)26-17-5-4-12(8-23-17)11-2-3-11/h4-9,11H,2-3H2,1H3,(H2,22,24)(H,25,28)(H,23,26,27). The third-order valence-electron chi connectivity index (χ3n) is 4.63. The van der Waals surface area contributed by atoms with E-state index < -0.39 is 17.6 Å². The fourth-order valence-electron chi connectivity index (χ4n) is 2.88. The first kappa shape index (κ1) is 19.0. The first-order valence-corrected chi connectivity index (χ1v) is 9.82. The van der Waals surface area contributed by atoms with Gasteiger partial charge in [-0.1, -0.05) is 17.4 Å². The summed E-state index contributed by atoms with van der Waals surface area (Å²) in [5, 5.41) is 5.53. The molecule has 3 aromatic rings. The summed E-state index contributed by atoms with van der Waals surface area (Å²) >= 11 is 1.04. The fourth-order valence-corrected chi connectivity index (χ4v) is 3.46. The van der Waals surface area contributed by atoms with Crippen LogP contribution in [-0.4, -0.2) is 21.8 Å². The predicted octanol–water partition coefficient (Wildman–Crippen LogP) is 3.95. The Morgan fingerprint density at radius 2 is 1.93 bits per heavy atom. The molecular weight excluding hydrogens is 393 g/mol. The minimum absolute atomic E-state index is 0.192. The number of nitrogens with two attached hydrogens (primary N) is 1. The Bertz CT molecular complexity index is 1090. The maximum Gasteiger partial charge on any atom is 0.267 e. The molecule has 0 spiro atoms. The van der Waals surface area contributed by atoms with E-state index >= 15 is 0 Å². The fraction of sp³-hybridized carbons (Fsp3) is 0.200. The highest BCUT2D eigenvalue weighted by molar-refractivity contribution is 7.17. The average molecular weight is 411 g/mol. The molecule has 9 heteroatoms. The molecule has 0 unspecified atom stereocenters. The molecule has 4 rings (SSSR count). The molecule has 1 fully saturated rings. The van der Waals surface area contributed by atoms with Crippen molar-refractivity contribution in [3.63, 3.8) is 0 Å². The van der Waals surface area contributed by atoms with Crippen LogP contribution in [0.4, 0.5) is 21.0 Å². The van der Waals surface area contributed by atoms with Crippen LogP contribution in [0.25, 0.3) is 0 Å². The molecule has 1 aliphatic rings. The van der Waals surface area contributed by atoms with Gasteiger partial charge >= 0.3 is 0 Å². The number of anilines is 3. The molecule has 2 amide bonds. The number of aromatic nitrogens is 2. The van der Waals surface area contributed by atoms with E-state index in [0.717, 1.165) is 29.7 Å². The molecule has 0 radical (unpaired) electrons. The summed E-state index contributed by atoms with van der Waals surface area (Å²) in [5.74, 6) is -0.870. The molecule has 1 aliphatic carbocycles. The van der Waals surface area contributed by atoms with Gasteiger partial charge < -0.3 is 16.4 Å². The lowest BCUT2D eigenvalue weighted by molar-refractivity contribution is 0.101. The zero-order valence-corrected chi connectivity index (χ0v) is 16.3. The molecule has 1 aromatic carbocycles. The highest BCUT2D eigenvalue weighted by Crippen LogP contribution is 2.39. The number of aryl methyl sites for hydroxylation is 1. The van der Waals surface area contributed by atoms with Crippen LogP contribution in [0.2, 0.25) is 0 Å². The molecule has 0 atom stereocenters. The number of carbonyl (C=O) groups excluding carboxylic acids is 2. The molecular formula is C20H18FN5O2S. The van der Waals surface area contributed by atoms with Gasteiger partial charge in [-0.25, -0.2) is 14.4 Å². The Kier molecular flexibility index (Phi) is 4.98. The number of nitrogen functional groups attached to an aromatic ring is 1. The second-order valence-corrected chi connectivity index (χ2v) is 7.93. The summed E-state index contributed by atoms with van der Waals surface area (Å²) in [6.45, 7) is 1.64. The number of nitrogens with one attached hydrogen (secondary N) is 2. The summed E-state index contributed by atoms with van der Waals surface area (Å²) in [7, 11) is 0. The van der Waals surface area contributed by atoms with Crippen molar-refractivity contribution in [2.45, 2.75) is 25.7 Å². The van der Waals surface area contributed by atoms with Gasteiger partial charge in [-0.2, -0.15) is 0 Å². The average Bonchev–Trinajstić information content (AvgIpc) is 3.44. The van der Waals surface area contributed by atoms with Gasteiger partial charge in [0.05, 0.1) is 11.8 Å². The van der Waals surface area contributed by atoms with E-state index in [4.69, 9.17) is 5.73 Å². The lowest BCUT2D eigenvalue weighted by Crippen LogP contribution is -2.17. The summed E-state index contributed by atoms with van der Waals surface area (Å²) in [6, 6.07) is 6.13. The number of rotatable bonds is 5. The zero-order valence-electron chi connectivity index (χ0n) is 15.5. The van der Waals surface area contributed by atoms with Gasteiger partial charge in [-0.3, -0.25) is 9.59 Å². The summed E-state index contributed by atoms with van der Waals surface area (Å²) in [6.07, 6.45) is 5.40. The Morgan fingerprint density at radius 1 is 1.14 bits per heavy atom.